The van der Waals surface area contributed by atoms with Crippen LogP contribution in [-0.4, -0.2) is 36.0 Å². The first-order valence-electron chi connectivity index (χ1n) is 7.36. The molecule has 0 radical (unpaired) electrons. The number of hydrogen-bond donors (Lipinski definition) is 1. The van der Waals surface area contributed by atoms with Crippen molar-refractivity contribution in [3.05, 3.63) is 39.9 Å². The standard InChI is InChI=1S/C15H23N3O2/c1-2-17-9-7-13(8-10-17)11-16-12-14-5-3-4-6-15(14)18(19)20/h3-6,13,16H,2,7-12H2,1H3. The van der Waals surface area contributed by atoms with Crippen molar-refractivity contribution >= 4 is 5.69 Å². The summed E-state index contributed by atoms with van der Waals surface area (Å²) in [6, 6.07) is 6.95. The molecule has 0 bridgehead atoms. The highest BCUT2D eigenvalue weighted by molar-refractivity contribution is 5.39. The minimum atomic E-state index is -0.309. The van der Waals surface area contributed by atoms with Crippen LogP contribution in [0.25, 0.3) is 0 Å². The average molecular weight is 277 g/mol. The van der Waals surface area contributed by atoms with Crippen molar-refractivity contribution in [1.29, 1.82) is 0 Å². The van der Waals surface area contributed by atoms with E-state index in [9.17, 15) is 10.1 Å². The molecule has 0 saturated carbocycles. The zero-order valence-corrected chi connectivity index (χ0v) is 12.0. The van der Waals surface area contributed by atoms with E-state index < -0.39 is 0 Å². The Morgan fingerprint density at radius 1 is 1.35 bits per heavy atom. The first-order chi connectivity index (χ1) is 9.70. The Kier molecular flexibility index (Phi) is 5.49. The van der Waals surface area contributed by atoms with Crippen molar-refractivity contribution in [2.75, 3.05) is 26.2 Å². The van der Waals surface area contributed by atoms with E-state index in [4.69, 9.17) is 0 Å². The molecule has 1 aliphatic rings. The number of hydrogen-bond acceptors (Lipinski definition) is 4. The van der Waals surface area contributed by atoms with Gasteiger partial charge in [-0.2, -0.15) is 0 Å². The lowest BCUT2D eigenvalue weighted by Crippen LogP contribution is -2.37. The van der Waals surface area contributed by atoms with E-state index in [0.29, 0.717) is 12.5 Å². The average Bonchev–Trinajstić information content (AvgIpc) is 2.48. The van der Waals surface area contributed by atoms with Gasteiger partial charge >= 0.3 is 0 Å². The number of nitrogens with one attached hydrogen (secondary N) is 1. The number of likely N-dealkylation sites (tertiary alicyclic amines) is 1. The summed E-state index contributed by atoms with van der Waals surface area (Å²) in [6.07, 6.45) is 2.44. The molecule has 0 amide bonds. The van der Waals surface area contributed by atoms with Gasteiger partial charge in [0.05, 0.1) is 4.92 Å². The molecule has 0 unspecified atom stereocenters. The molecule has 20 heavy (non-hydrogen) atoms. The van der Waals surface area contributed by atoms with Crippen LogP contribution in [-0.2, 0) is 6.54 Å². The van der Waals surface area contributed by atoms with E-state index in [-0.39, 0.29) is 10.6 Å². The molecule has 0 atom stereocenters. The molecular formula is C15H23N3O2. The molecule has 1 fully saturated rings. The van der Waals surface area contributed by atoms with Gasteiger partial charge in [0, 0.05) is 18.2 Å². The highest BCUT2D eigenvalue weighted by Gasteiger charge is 2.18. The minimum Gasteiger partial charge on any atom is -0.312 e. The van der Waals surface area contributed by atoms with Crippen LogP contribution in [0, 0.1) is 16.0 Å². The summed E-state index contributed by atoms with van der Waals surface area (Å²) in [5.74, 6) is 0.695. The minimum absolute atomic E-state index is 0.209. The zero-order valence-electron chi connectivity index (χ0n) is 12.0. The largest absolute Gasteiger partial charge is 0.312 e. The topological polar surface area (TPSA) is 58.4 Å². The fourth-order valence-electron chi connectivity index (χ4n) is 2.76. The fraction of sp³-hybridized carbons (Fsp3) is 0.600. The number of nitro benzene ring substituents is 1. The lowest BCUT2D eigenvalue weighted by atomic mass is 9.97. The monoisotopic (exact) mass is 277 g/mol. The van der Waals surface area contributed by atoms with Crippen LogP contribution in [0.1, 0.15) is 25.3 Å². The molecule has 1 aliphatic heterocycles. The van der Waals surface area contributed by atoms with Crippen LogP contribution in [0.3, 0.4) is 0 Å². The summed E-state index contributed by atoms with van der Waals surface area (Å²) in [5.41, 5.74) is 0.976. The lowest BCUT2D eigenvalue weighted by Gasteiger charge is -2.31. The highest BCUT2D eigenvalue weighted by atomic mass is 16.6. The first kappa shape index (κ1) is 14.9. The number of rotatable bonds is 6. The Balaban J connectivity index is 1.78. The number of nitro groups is 1. The Hall–Kier alpha value is -1.46. The molecule has 0 spiro atoms. The zero-order chi connectivity index (χ0) is 14.4. The van der Waals surface area contributed by atoms with Gasteiger partial charge in [0.15, 0.2) is 0 Å². The van der Waals surface area contributed by atoms with Crippen LogP contribution in [0.4, 0.5) is 5.69 Å². The summed E-state index contributed by atoms with van der Waals surface area (Å²) in [6.45, 7) is 7.21. The van der Waals surface area contributed by atoms with Crippen molar-refractivity contribution in [3.8, 4) is 0 Å². The number of para-hydroxylation sites is 1. The second-order valence-electron chi connectivity index (χ2n) is 5.39. The van der Waals surface area contributed by atoms with Gasteiger partial charge in [-0.1, -0.05) is 25.1 Å². The predicted molar refractivity (Wildman–Crippen MR) is 79.6 cm³/mol. The number of piperidine rings is 1. The Morgan fingerprint density at radius 2 is 2.05 bits per heavy atom. The van der Waals surface area contributed by atoms with Gasteiger partial charge in [-0.3, -0.25) is 10.1 Å². The van der Waals surface area contributed by atoms with Gasteiger partial charge in [-0.05, 0) is 44.9 Å². The summed E-state index contributed by atoms with van der Waals surface area (Å²) in [7, 11) is 0. The first-order valence-corrected chi connectivity index (χ1v) is 7.36. The van der Waals surface area contributed by atoms with Gasteiger partial charge in [0.2, 0.25) is 0 Å². The molecule has 1 heterocycles. The maximum Gasteiger partial charge on any atom is 0.273 e. The van der Waals surface area contributed by atoms with Crippen LogP contribution in [0.5, 0.6) is 0 Å². The third-order valence-electron chi connectivity index (χ3n) is 4.09. The predicted octanol–water partition coefficient (Wildman–Crippen LogP) is 2.42. The van der Waals surface area contributed by atoms with Gasteiger partial charge in [0.25, 0.3) is 5.69 Å². The van der Waals surface area contributed by atoms with E-state index in [1.165, 1.54) is 25.9 Å². The molecule has 1 aromatic rings. The van der Waals surface area contributed by atoms with E-state index >= 15 is 0 Å². The van der Waals surface area contributed by atoms with Crippen LogP contribution in [0.15, 0.2) is 24.3 Å². The summed E-state index contributed by atoms with van der Waals surface area (Å²) in [4.78, 5) is 13.1. The lowest BCUT2D eigenvalue weighted by molar-refractivity contribution is -0.385. The molecule has 2 rings (SSSR count). The molecule has 5 nitrogen and oxygen atoms in total. The number of benzene rings is 1. The Bertz CT molecular complexity index is 442. The molecule has 1 N–H and O–H groups in total. The molecule has 5 heteroatoms. The summed E-state index contributed by atoms with van der Waals surface area (Å²) >= 11 is 0. The van der Waals surface area contributed by atoms with E-state index in [1.54, 1.807) is 12.1 Å². The quantitative estimate of drug-likeness (QED) is 0.641. The van der Waals surface area contributed by atoms with Gasteiger partial charge < -0.3 is 10.2 Å². The highest BCUT2D eigenvalue weighted by Crippen LogP contribution is 2.19. The maximum absolute atomic E-state index is 10.9. The maximum atomic E-state index is 10.9. The second kappa shape index (κ2) is 7.36. The molecule has 1 saturated heterocycles. The van der Waals surface area contributed by atoms with Gasteiger partial charge in [-0.25, -0.2) is 0 Å². The van der Waals surface area contributed by atoms with Gasteiger partial charge in [-0.15, -0.1) is 0 Å². The molecule has 1 aromatic carbocycles. The van der Waals surface area contributed by atoms with Crippen LogP contribution < -0.4 is 5.32 Å². The molecule has 110 valence electrons. The van der Waals surface area contributed by atoms with E-state index in [1.807, 2.05) is 12.1 Å². The summed E-state index contributed by atoms with van der Waals surface area (Å²) in [5, 5.41) is 14.3. The van der Waals surface area contributed by atoms with Crippen molar-refractivity contribution < 1.29 is 4.92 Å². The van der Waals surface area contributed by atoms with Crippen molar-refractivity contribution in [3.63, 3.8) is 0 Å². The van der Waals surface area contributed by atoms with E-state index in [0.717, 1.165) is 18.7 Å². The Labute approximate surface area is 120 Å². The summed E-state index contributed by atoms with van der Waals surface area (Å²) < 4.78 is 0. The van der Waals surface area contributed by atoms with Crippen molar-refractivity contribution in [2.45, 2.75) is 26.3 Å². The van der Waals surface area contributed by atoms with Crippen LogP contribution in [0.2, 0.25) is 0 Å². The van der Waals surface area contributed by atoms with Crippen molar-refractivity contribution in [2.24, 2.45) is 5.92 Å². The third-order valence-corrected chi connectivity index (χ3v) is 4.09. The molecule has 0 aliphatic carbocycles. The SMILES string of the molecule is CCN1CCC(CNCc2ccccc2[N+](=O)[O-])CC1. The third kappa shape index (κ3) is 4.02. The van der Waals surface area contributed by atoms with E-state index in [2.05, 4.69) is 17.1 Å². The van der Waals surface area contributed by atoms with Crippen molar-refractivity contribution in [1.82, 2.24) is 10.2 Å². The fourth-order valence-corrected chi connectivity index (χ4v) is 2.76. The second-order valence-corrected chi connectivity index (χ2v) is 5.39. The molecular weight excluding hydrogens is 254 g/mol. The van der Waals surface area contributed by atoms with Gasteiger partial charge in [0.1, 0.15) is 0 Å². The van der Waals surface area contributed by atoms with Crippen LogP contribution >= 0.6 is 0 Å². The normalized spacial score (nSPS) is 17.2. The Morgan fingerprint density at radius 3 is 2.70 bits per heavy atom. The number of nitrogens with zero attached hydrogens (tertiary/aromatic N) is 2. The smallest absolute Gasteiger partial charge is 0.273 e. The molecule has 0 aromatic heterocycles.